The number of anilines is 1. The number of nitrogens with one attached hydrogen (secondary N) is 1. The molecule has 0 radical (unpaired) electrons. The van der Waals surface area contributed by atoms with Gasteiger partial charge in [0.15, 0.2) is 6.61 Å². The van der Waals surface area contributed by atoms with E-state index in [0.717, 1.165) is 16.8 Å². The van der Waals surface area contributed by atoms with Crippen LogP contribution in [0.2, 0.25) is 0 Å². The average Bonchev–Trinajstić information content (AvgIpc) is 2.57. The number of carbonyl (C=O) groups excluding carboxylic acids is 2. The van der Waals surface area contributed by atoms with Crippen LogP contribution >= 0.6 is 0 Å². The first-order valence-electron chi connectivity index (χ1n) is 7.69. The second kappa shape index (κ2) is 8.13. The molecule has 0 fully saturated rings. The molecular formula is C19H21NO3. The lowest BCUT2D eigenvalue weighted by molar-refractivity contribution is -0.149. The number of rotatable bonds is 6. The number of para-hydroxylation sites is 1. The maximum atomic E-state index is 12.2. The number of benzene rings is 2. The summed E-state index contributed by atoms with van der Waals surface area (Å²) in [6.07, 6.45) is 0.627. The molecule has 0 aliphatic rings. The molecule has 0 saturated carbocycles. The van der Waals surface area contributed by atoms with Crippen LogP contribution in [0.15, 0.2) is 54.6 Å². The standard InChI is InChI=1S/C19H21NO3/c1-3-16(15-10-5-4-6-11-15)19(22)23-13-18(21)20-17-12-8-7-9-14(17)2/h4-12,16H,3,13H2,1-2H3,(H,20,21). The Bertz CT molecular complexity index is 667. The second-order valence-electron chi connectivity index (χ2n) is 5.34. The molecule has 120 valence electrons. The van der Waals surface area contributed by atoms with Crippen molar-refractivity contribution in [2.75, 3.05) is 11.9 Å². The first kappa shape index (κ1) is 16.7. The summed E-state index contributed by atoms with van der Waals surface area (Å²) in [5, 5.41) is 2.75. The first-order chi connectivity index (χ1) is 11.1. The van der Waals surface area contributed by atoms with E-state index in [1.807, 2.05) is 68.4 Å². The van der Waals surface area contributed by atoms with Crippen LogP contribution in [0.4, 0.5) is 5.69 Å². The van der Waals surface area contributed by atoms with E-state index in [0.29, 0.717) is 6.42 Å². The molecule has 0 heterocycles. The van der Waals surface area contributed by atoms with Crippen LogP contribution in [0, 0.1) is 6.92 Å². The summed E-state index contributed by atoms with van der Waals surface area (Å²) in [6.45, 7) is 3.55. The molecule has 2 aromatic carbocycles. The van der Waals surface area contributed by atoms with Crippen molar-refractivity contribution in [2.24, 2.45) is 0 Å². The van der Waals surface area contributed by atoms with Crippen LogP contribution in [-0.2, 0) is 14.3 Å². The fraction of sp³-hybridized carbons (Fsp3) is 0.263. The minimum absolute atomic E-state index is 0.281. The third-order valence-corrected chi connectivity index (χ3v) is 3.66. The SMILES string of the molecule is CCC(C(=O)OCC(=O)Nc1ccccc1C)c1ccccc1. The summed E-state index contributed by atoms with van der Waals surface area (Å²) in [5.41, 5.74) is 2.59. The lowest BCUT2D eigenvalue weighted by atomic mass is 9.97. The summed E-state index contributed by atoms with van der Waals surface area (Å²) in [7, 11) is 0. The van der Waals surface area contributed by atoms with E-state index in [9.17, 15) is 9.59 Å². The lowest BCUT2D eigenvalue weighted by Gasteiger charge is -2.14. The molecule has 0 aromatic heterocycles. The maximum absolute atomic E-state index is 12.2. The zero-order chi connectivity index (χ0) is 16.7. The third-order valence-electron chi connectivity index (χ3n) is 3.66. The van der Waals surface area contributed by atoms with Gasteiger partial charge in [-0.1, -0.05) is 55.5 Å². The van der Waals surface area contributed by atoms with Crippen molar-refractivity contribution in [3.8, 4) is 0 Å². The van der Waals surface area contributed by atoms with E-state index in [-0.39, 0.29) is 24.4 Å². The number of hydrogen-bond donors (Lipinski definition) is 1. The Morgan fingerprint density at radius 1 is 1.04 bits per heavy atom. The number of carbonyl (C=O) groups is 2. The molecule has 0 saturated heterocycles. The third kappa shape index (κ3) is 4.68. The number of aryl methyl sites for hydroxylation is 1. The van der Waals surface area contributed by atoms with Crippen LogP contribution < -0.4 is 5.32 Å². The molecule has 4 heteroatoms. The van der Waals surface area contributed by atoms with E-state index in [2.05, 4.69) is 5.32 Å². The molecule has 2 aromatic rings. The van der Waals surface area contributed by atoms with E-state index in [4.69, 9.17) is 4.74 Å². The van der Waals surface area contributed by atoms with Crippen molar-refractivity contribution in [2.45, 2.75) is 26.2 Å². The molecule has 0 spiro atoms. The minimum Gasteiger partial charge on any atom is -0.455 e. The summed E-state index contributed by atoms with van der Waals surface area (Å²) < 4.78 is 5.17. The summed E-state index contributed by atoms with van der Waals surface area (Å²) in [5.74, 6) is -1.06. The zero-order valence-electron chi connectivity index (χ0n) is 13.4. The molecule has 0 aliphatic carbocycles. The second-order valence-corrected chi connectivity index (χ2v) is 5.34. The molecule has 1 unspecified atom stereocenters. The predicted molar refractivity (Wildman–Crippen MR) is 90.2 cm³/mol. The van der Waals surface area contributed by atoms with E-state index in [1.165, 1.54) is 0 Å². The van der Waals surface area contributed by atoms with E-state index >= 15 is 0 Å². The quantitative estimate of drug-likeness (QED) is 0.828. The van der Waals surface area contributed by atoms with Crippen molar-refractivity contribution in [3.05, 3.63) is 65.7 Å². The van der Waals surface area contributed by atoms with Crippen LogP contribution in [0.3, 0.4) is 0 Å². The van der Waals surface area contributed by atoms with Gasteiger partial charge in [-0.15, -0.1) is 0 Å². The van der Waals surface area contributed by atoms with Crippen LogP contribution in [-0.4, -0.2) is 18.5 Å². The number of esters is 1. The Kier molecular flexibility index (Phi) is 5.92. The van der Waals surface area contributed by atoms with Gasteiger partial charge in [-0.25, -0.2) is 0 Å². The Hall–Kier alpha value is -2.62. The summed E-state index contributed by atoms with van der Waals surface area (Å²) in [6, 6.07) is 16.9. The first-order valence-corrected chi connectivity index (χ1v) is 7.69. The highest BCUT2D eigenvalue weighted by atomic mass is 16.5. The van der Waals surface area contributed by atoms with Crippen molar-refractivity contribution < 1.29 is 14.3 Å². The molecule has 0 bridgehead atoms. The van der Waals surface area contributed by atoms with Crippen molar-refractivity contribution in [1.29, 1.82) is 0 Å². The zero-order valence-corrected chi connectivity index (χ0v) is 13.4. The highest BCUT2D eigenvalue weighted by molar-refractivity contribution is 5.93. The molecule has 1 amide bonds. The van der Waals surface area contributed by atoms with Gasteiger partial charge >= 0.3 is 5.97 Å². The minimum atomic E-state index is -0.376. The van der Waals surface area contributed by atoms with E-state index in [1.54, 1.807) is 0 Å². The highest BCUT2D eigenvalue weighted by Gasteiger charge is 2.21. The molecule has 2 rings (SSSR count). The molecular weight excluding hydrogens is 290 g/mol. The van der Waals surface area contributed by atoms with Gasteiger partial charge in [-0.05, 0) is 30.5 Å². The molecule has 23 heavy (non-hydrogen) atoms. The largest absolute Gasteiger partial charge is 0.455 e. The Morgan fingerprint density at radius 3 is 2.35 bits per heavy atom. The van der Waals surface area contributed by atoms with Crippen molar-refractivity contribution >= 4 is 17.6 Å². The van der Waals surface area contributed by atoms with E-state index < -0.39 is 0 Å². The lowest BCUT2D eigenvalue weighted by Crippen LogP contribution is -2.24. The number of amides is 1. The van der Waals surface area contributed by atoms with Gasteiger partial charge in [-0.3, -0.25) is 9.59 Å². The summed E-state index contributed by atoms with van der Waals surface area (Å²) in [4.78, 5) is 24.1. The van der Waals surface area contributed by atoms with Crippen LogP contribution in [0.1, 0.15) is 30.4 Å². The van der Waals surface area contributed by atoms with Gasteiger partial charge in [0.1, 0.15) is 0 Å². The monoisotopic (exact) mass is 311 g/mol. The van der Waals surface area contributed by atoms with Crippen molar-refractivity contribution in [3.63, 3.8) is 0 Å². The summed E-state index contributed by atoms with van der Waals surface area (Å²) >= 11 is 0. The Balaban J connectivity index is 1.90. The number of hydrogen-bond acceptors (Lipinski definition) is 3. The Labute approximate surface area is 136 Å². The average molecular weight is 311 g/mol. The molecule has 1 N–H and O–H groups in total. The normalized spacial score (nSPS) is 11.6. The van der Waals surface area contributed by atoms with Crippen LogP contribution in [0.25, 0.3) is 0 Å². The topological polar surface area (TPSA) is 55.4 Å². The van der Waals surface area contributed by atoms with Crippen LogP contribution in [0.5, 0.6) is 0 Å². The fourth-order valence-electron chi connectivity index (χ4n) is 2.36. The maximum Gasteiger partial charge on any atom is 0.313 e. The van der Waals surface area contributed by atoms with Gasteiger partial charge in [0.25, 0.3) is 5.91 Å². The van der Waals surface area contributed by atoms with Gasteiger partial charge in [0, 0.05) is 5.69 Å². The van der Waals surface area contributed by atoms with Crippen molar-refractivity contribution in [1.82, 2.24) is 0 Å². The molecule has 0 aliphatic heterocycles. The molecule has 4 nitrogen and oxygen atoms in total. The van der Waals surface area contributed by atoms with Gasteiger partial charge < -0.3 is 10.1 Å². The highest BCUT2D eigenvalue weighted by Crippen LogP contribution is 2.20. The van der Waals surface area contributed by atoms with Gasteiger partial charge in [0.05, 0.1) is 5.92 Å². The number of ether oxygens (including phenoxy) is 1. The Morgan fingerprint density at radius 2 is 1.70 bits per heavy atom. The van der Waals surface area contributed by atoms with Gasteiger partial charge in [-0.2, -0.15) is 0 Å². The molecule has 1 atom stereocenters. The fourth-order valence-corrected chi connectivity index (χ4v) is 2.36. The smallest absolute Gasteiger partial charge is 0.313 e. The van der Waals surface area contributed by atoms with Gasteiger partial charge in [0.2, 0.25) is 0 Å². The predicted octanol–water partition coefficient (Wildman–Crippen LogP) is 3.67.